The van der Waals surface area contributed by atoms with Crippen molar-refractivity contribution < 1.29 is 13.2 Å². The van der Waals surface area contributed by atoms with Crippen molar-refractivity contribution >= 4 is 34.3 Å². The summed E-state index contributed by atoms with van der Waals surface area (Å²) in [5.74, 6) is 0.213. The van der Waals surface area contributed by atoms with Gasteiger partial charge in [0.25, 0.3) is 5.56 Å². The highest BCUT2D eigenvalue weighted by molar-refractivity contribution is 7.98. The van der Waals surface area contributed by atoms with E-state index in [1.54, 1.807) is 30.3 Å². The van der Waals surface area contributed by atoms with Crippen LogP contribution in [0.4, 0.5) is 13.2 Å². The Morgan fingerprint density at radius 1 is 1.19 bits per heavy atom. The van der Waals surface area contributed by atoms with Crippen LogP contribution in [-0.2, 0) is 18.5 Å². The smallest absolute Gasteiger partial charge is 0.283 e. The van der Waals surface area contributed by atoms with E-state index in [0.717, 1.165) is 22.5 Å². The van der Waals surface area contributed by atoms with Crippen LogP contribution in [0.3, 0.4) is 0 Å². The lowest BCUT2D eigenvalue weighted by Gasteiger charge is -2.14. The fraction of sp³-hybridized carbons (Fsp3) is 0.150. The molecule has 2 aromatic heterocycles. The van der Waals surface area contributed by atoms with Crippen molar-refractivity contribution in [2.45, 2.75) is 23.6 Å². The van der Waals surface area contributed by atoms with Crippen molar-refractivity contribution in [3.8, 4) is 5.69 Å². The number of halogens is 4. The van der Waals surface area contributed by atoms with Crippen molar-refractivity contribution in [3.63, 3.8) is 0 Å². The van der Waals surface area contributed by atoms with Gasteiger partial charge in [0.15, 0.2) is 11.0 Å². The maximum atomic E-state index is 13.5. The number of hydrogen-bond donors (Lipinski definition) is 0. The van der Waals surface area contributed by atoms with E-state index >= 15 is 0 Å². The molecule has 32 heavy (non-hydrogen) atoms. The quantitative estimate of drug-likeness (QED) is 0.230. The number of tetrazole rings is 1. The molecule has 7 nitrogen and oxygen atoms in total. The summed E-state index contributed by atoms with van der Waals surface area (Å²) in [5, 5.41) is 11.9. The van der Waals surface area contributed by atoms with Crippen LogP contribution >= 0.6 is 23.4 Å². The van der Waals surface area contributed by atoms with Crippen molar-refractivity contribution in [1.29, 1.82) is 0 Å². The van der Waals surface area contributed by atoms with Gasteiger partial charge in [-0.3, -0.25) is 9.36 Å². The first kappa shape index (κ1) is 22.0. The van der Waals surface area contributed by atoms with E-state index in [9.17, 15) is 18.0 Å². The van der Waals surface area contributed by atoms with Crippen molar-refractivity contribution in [1.82, 2.24) is 29.8 Å². The highest BCUT2D eigenvalue weighted by Crippen LogP contribution is 2.36. The van der Waals surface area contributed by atoms with Crippen LogP contribution in [-0.4, -0.2) is 29.8 Å². The predicted molar refractivity (Wildman–Crippen MR) is 115 cm³/mol. The van der Waals surface area contributed by atoms with Crippen LogP contribution in [0, 0.1) is 0 Å². The summed E-state index contributed by atoms with van der Waals surface area (Å²) in [7, 11) is 0. The Kier molecular flexibility index (Phi) is 6.02. The Morgan fingerprint density at radius 2 is 1.97 bits per heavy atom. The van der Waals surface area contributed by atoms with E-state index in [2.05, 4.69) is 27.1 Å². The van der Waals surface area contributed by atoms with Gasteiger partial charge in [-0.25, -0.2) is 4.98 Å². The number of aromatic nitrogens is 6. The maximum absolute atomic E-state index is 13.5. The molecular formula is C20H14ClF3N6OS. The maximum Gasteiger partial charge on any atom is 0.418 e. The van der Waals surface area contributed by atoms with Crippen LogP contribution in [0.15, 0.2) is 65.1 Å². The molecule has 0 N–H and O–H groups in total. The minimum atomic E-state index is -4.65. The average Bonchev–Trinajstić information content (AvgIpc) is 3.22. The molecule has 0 aliphatic carbocycles. The van der Waals surface area contributed by atoms with Crippen LogP contribution in [0.1, 0.15) is 11.4 Å². The monoisotopic (exact) mass is 478 g/mol. The van der Waals surface area contributed by atoms with Crippen molar-refractivity contribution in [3.05, 3.63) is 81.9 Å². The molecule has 0 aliphatic rings. The van der Waals surface area contributed by atoms with E-state index in [1.165, 1.54) is 16.7 Å². The number of nitrogens with zero attached hydrogens (tertiary/aromatic N) is 6. The lowest BCUT2D eigenvalue weighted by molar-refractivity contribution is -0.137. The third-order valence-corrected chi connectivity index (χ3v) is 5.70. The first-order valence-electron chi connectivity index (χ1n) is 9.17. The first-order chi connectivity index (χ1) is 15.3. The van der Waals surface area contributed by atoms with Crippen LogP contribution < -0.4 is 5.56 Å². The number of allylic oxidation sites excluding steroid dienone is 1. The minimum Gasteiger partial charge on any atom is -0.283 e. The standard InChI is InChI=1S/C20H14ClF3N6OS/c1-2-9-29-18(31)13-5-3-4-6-15(13)25-19(29)32-11-17-26-27-28-30(17)16-8-7-12(21)10-14(16)20(22,23)24/h2-8,10H,1,9,11H2. The SMILES string of the molecule is C=CCn1c(SCc2nnnn2-c2ccc(Cl)cc2C(F)(F)F)nc2ccccc2c1=O. The summed E-state index contributed by atoms with van der Waals surface area (Å²) in [6, 6.07) is 10.3. The Bertz CT molecular complexity index is 1370. The molecule has 12 heteroatoms. The molecule has 0 atom stereocenters. The molecule has 2 aromatic carbocycles. The molecular weight excluding hydrogens is 465 g/mol. The largest absolute Gasteiger partial charge is 0.418 e. The Hall–Kier alpha value is -3.18. The molecule has 0 fully saturated rings. The second kappa shape index (κ2) is 8.75. The molecule has 0 bridgehead atoms. The number of para-hydroxylation sites is 1. The van der Waals surface area contributed by atoms with Gasteiger partial charge in [0.05, 0.1) is 27.9 Å². The van der Waals surface area contributed by atoms with Gasteiger partial charge in [-0.15, -0.1) is 11.7 Å². The van der Waals surface area contributed by atoms with E-state index in [-0.39, 0.29) is 34.4 Å². The lowest BCUT2D eigenvalue weighted by atomic mass is 10.1. The summed E-state index contributed by atoms with van der Waals surface area (Å²) in [4.78, 5) is 17.4. The highest BCUT2D eigenvalue weighted by Gasteiger charge is 2.35. The van der Waals surface area contributed by atoms with Crippen LogP contribution in [0.2, 0.25) is 5.02 Å². The summed E-state index contributed by atoms with van der Waals surface area (Å²) < 4.78 is 43.0. The van der Waals surface area contributed by atoms with Crippen LogP contribution in [0.25, 0.3) is 16.6 Å². The third kappa shape index (κ3) is 4.26. The van der Waals surface area contributed by atoms with Gasteiger partial charge in [0.2, 0.25) is 0 Å². The number of benzene rings is 2. The highest BCUT2D eigenvalue weighted by atomic mass is 35.5. The molecule has 4 aromatic rings. The molecule has 0 amide bonds. The van der Waals surface area contributed by atoms with Crippen LogP contribution in [0.5, 0.6) is 0 Å². The van der Waals surface area contributed by atoms with Gasteiger partial charge in [-0.1, -0.05) is 41.6 Å². The molecule has 0 aliphatic heterocycles. The van der Waals surface area contributed by atoms with Gasteiger partial charge in [0, 0.05) is 11.6 Å². The Labute approximate surface area is 188 Å². The van der Waals surface area contributed by atoms with Crippen molar-refractivity contribution in [2.75, 3.05) is 0 Å². The number of alkyl halides is 3. The van der Waals surface area contributed by atoms with Gasteiger partial charge < -0.3 is 0 Å². The zero-order valence-electron chi connectivity index (χ0n) is 16.3. The second-order valence-corrected chi connectivity index (χ2v) is 7.95. The minimum absolute atomic E-state index is 0.0566. The fourth-order valence-electron chi connectivity index (χ4n) is 3.08. The molecule has 0 saturated carbocycles. The van der Waals surface area contributed by atoms with Gasteiger partial charge >= 0.3 is 6.18 Å². The first-order valence-corrected chi connectivity index (χ1v) is 10.5. The Balaban J connectivity index is 1.72. The van der Waals surface area contributed by atoms with E-state index in [1.807, 2.05) is 0 Å². The molecule has 164 valence electrons. The normalized spacial score (nSPS) is 11.8. The number of thioether (sulfide) groups is 1. The summed E-state index contributed by atoms with van der Waals surface area (Å²) in [6.45, 7) is 3.89. The van der Waals surface area contributed by atoms with Gasteiger partial charge in [0.1, 0.15) is 0 Å². The third-order valence-electron chi connectivity index (χ3n) is 4.49. The molecule has 4 rings (SSSR count). The topological polar surface area (TPSA) is 78.5 Å². The summed E-state index contributed by atoms with van der Waals surface area (Å²) in [5.41, 5.74) is -0.944. The van der Waals surface area contributed by atoms with E-state index in [0.29, 0.717) is 16.1 Å². The second-order valence-electron chi connectivity index (χ2n) is 6.57. The number of rotatable bonds is 6. The molecule has 2 heterocycles. The molecule has 0 spiro atoms. The lowest BCUT2D eigenvalue weighted by Crippen LogP contribution is -2.22. The van der Waals surface area contributed by atoms with Gasteiger partial charge in [-0.2, -0.15) is 17.9 Å². The van der Waals surface area contributed by atoms with Gasteiger partial charge in [-0.05, 0) is 40.8 Å². The molecule has 0 unspecified atom stereocenters. The Morgan fingerprint density at radius 3 is 2.72 bits per heavy atom. The van der Waals surface area contributed by atoms with E-state index < -0.39 is 11.7 Å². The number of fused-ring (bicyclic) bond motifs is 1. The number of hydrogen-bond acceptors (Lipinski definition) is 6. The average molecular weight is 479 g/mol. The van der Waals surface area contributed by atoms with E-state index in [4.69, 9.17) is 11.6 Å². The zero-order valence-corrected chi connectivity index (χ0v) is 17.8. The molecule has 0 radical (unpaired) electrons. The summed E-state index contributed by atoms with van der Waals surface area (Å²) >= 11 is 6.89. The predicted octanol–water partition coefficient (Wildman–Crippen LogP) is 4.52. The fourth-order valence-corrected chi connectivity index (χ4v) is 4.17. The molecule has 0 saturated heterocycles. The zero-order chi connectivity index (χ0) is 22.9. The van der Waals surface area contributed by atoms with Crippen molar-refractivity contribution in [2.24, 2.45) is 0 Å². The summed E-state index contributed by atoms with van der Waals surface area (Å²) in [6.07, 6.45) is -3.09.